The molecule has 4 heteroatoms. The van der Waals surface area contributed by atoms with E-state index in [2.05, 4.69) is 41.8 Å². The summed E-state index contributed by atoms with van der Waals surface area (Å²) in [5, 5.41) is 5.98. The van der Waals surface area contributed by atoms with Gasteiger partial charge >= 0.3 is 0 Å². The number of rotatable bonds is 6. The fraction of sp³-hybridized carbons (Fsp3) is 0.500. The Labute approximate surface area is 114 Å². The van der Waals surface area contributed by atoms with Crippen LogP contribution in [0, 0.1) is 0 Å². The van der Waals surface area contributed by atoms with Crippen molar-refractivity contribution in [2.24, 2.45) is 0 Å². The summed E-state index contributed by atoms with van der Waals surface area (Å²) in [6.07, 6.45) is 0. The summed E-state index contributed by atoms with van der Waals surface area (Å²) in [5.74, 6) is 0.0927. The zero-order valence-electron chi connectivity index (χ0n) is 11.5. The number of carbonyl (C=O) groups is 1. The first-order chi connectivity index (χ1) is 8.58. The van der Waals surface area contributed by atoms with Crippen LogP contribution in [0.3, 0.4) is 0 Å². The molecule has 0 aromatic heterocycles. The highest BCUT2D eigenvalue weighted by Gasteiger charge is 2.13. The Morgan fingerprint density at radius 2 is 1.89 bits per heavy atom. The Balaban J connectivity index is 2.60. The Morgan fingerprint density at radius 1 is 1.28 bits per heavy atom. The molecule has 0 bridgehead atoms. The van der Waals surface area contributed by atoms with Gasteiger partial charge in [-0.15, -0.1) is 11.8 Å². The van der Waals surface area contributed by atoms with E-state index in [-0.39, 0.29) is 11.2 Å². The summed E-state index contributed by atoms with van der Waals surface area (Å²) in [6.45, 7) is 6.67. The summed E-state index contributed by atoms with van der Waals surface area (Å²) in [5.41, 5.74) is 1.26. The van der Waals surface area contributed by atoms with E-state index in [1.165, 1.54) is 5.56 Å². The Hall–Kier alpha value is -1.00. The van der Waals surface area contributed by atoms with E-state index in [1.54, 1.807) is 11.8 Å². The van der Waals surface area contributed by atoms with Gasteiger partial charge in [-0.2, -0.15) is 0 Å². The minimum absolute atomic E-state index is 0.0578. The molecule has 0 aliphatic rings. The molecule has 100 valence electrons. The lowest BCUT2D eigenvalue weighted by atomic mass is 10.1. The maximum atomic E-state index is 11.6. The molecular formula is C14H22N2OS. The number of nitrogens with one attached hydrogen (secondary N) is 2. The molecule has 2 atom stereocenters. The first-order valence-corrected chi connectivity index (χ1v) is 7.18. The maximum absolute atomic E-state index is 11.6. The molecule has 18 heavy (non-hydrogen) atoms. The third kappa shape index (κ3) is 4.35. The lowest BCUT2D eigenvalue weighted by Gasteiger charge is -2.13. The van der Waals surface area contributed by atoms with Gasteiger partial charge < -0.3 is 10.6 Å². The third-order valence-electron chi connectivity index (χ3n) is 2.85. The topological polar surface area (TPSA) is 41.1 Å². The molecule has 0 saturated carbocycles. The Bertz CT molecular complexity index is 378. The van der Waals surface area contributed by atoms with Crippen molar-refractivity contribution in [3.63, 3.8) is 0 Å². The summed E-state index contributed by atoms with van der Waals surface area (Å²) in [4.78, 5) is 12.8. The third-order valence-corrected chi connectivity index (χ3v) is 3.96. The van der Waals surface area contributed by atoms with E-state index in [4.69, 9.17) is 0 Å². The van der Waals surface area contributed by atoms with Gasteiger partial charge in [0.25, 0.3) is 0 Å². The largest absolute Gasteiger partial charge is 0.355 e. The van der Waals surface area contributed by atoms with Crippen LogP contribution in [0.15, 0.2) is 29.2 Å². The summed E-state index contributed by atoms with van der Waals surface area (Å²) in [7, 11) is 1.95. The van der Waals surface area contributed by atoms with Crippen molar-refractivity contribution in [2.45, 2.75) is 37.0 Å². The summed E-state index contributed by atoms with van der Waals surface area (Å²) in [6, 6.07) is 8.71. The first-order valence-electron chi connectivity index (χ1n) is 6.30. The number of hydrogen-bond donors (Lipinski definition) is 2. The van der Waals surface area contributed by atoms with Gasteiger partial charge in [-0.1, -0.05) is 12.1 Å². The van der Waals surface area contributed by atoms with E-state index in [1.807, 2.05) is 20.9 Å². The van der Waals surface area contributed by atoms with Gasteiger partial charge in [0.15, 0.2) is 0 Å². The molecule has 1 aromatic rings. The highest BCUT2D eigenvalue weighted by molar-refractivity contribution is 8.00. The normalized spacial score (nSPS) is 14.0. The molecule has 3 nitrogen and oxygen atoms in total. The van der Waals surface area contributed by atoms with Gasteiger partial charge in [0.05, 0.1) is 5.25 Å². The van der Waals surface area contributed by atoms with Gasteiger partial charge in [0.1, 0.15) is 0 Å². The van der Waals surface area contributed by atoms with Crippen molar-refractivity contribution < 1.29 is 4.79 Å². The van der Waals surface area contributed by atoms with Crippen LogP contribution in [0.5, 0.6) is 0 Å². The quantitative estimate of drug-likeness (QED) is 0.778. The molecule has 2 unspecified atom stereocenters. The molecule has 0 saturated heterocycles. The van der Waals surface area contributed by atoms with E-state index in [9.17, 15) is 4.79 Å². The number of amides is 1. The van der Waals surface area contributed by atoms with Crippen molar-refractivity contribution in [1.29, 1.82) is 0 Å². The zero-order chi connectivity index (χ0) is 13.5. The molecule has 0 spiro atoms. The van der Waals surface area contributed by atoms with E-state index in [0.717, 1.165) is 4.90 Å². The van der Waals surface area contributed by atoms with Crippen LogP contribution in [0.1, 0.15) is 32.4 Å². The molecule has 0 radical (unpaired) electrons. The number of benzene rings is 1. The highest BCUT2D eigenvalue weighted by Crippen LogP contribution is 2.24. The van der Waals surface area contributed by atoms with Crippen molar-refractivity contribution in [2.75, 3.05) is 13.6 Å². The van der Waals surface area contributed by atoms with Crippen molar-refractivity contribution in [3.8, 4) is 0 Å². The minimum Gasteiger partial charge on any atom is -0.355 e. The zero-order valence-corrected chi connectivity index (χ0v) is 12.3. The summed E-state index contributed by atoms with van der Waals surface area (Å²) >= 11 is 1.59. The van der Waals surface area contributed by atoms with Crippen LogP contribution in [-0.4, -0.2) is 24.7 Å². The van der Waals surface area contributed by atoms with Crippen LogP contribution < -0.4 is 10.6 Å². The fourth-order valence-corrected chi connectivity index (χ4v) is 2.47. The molecule has 1 rings (SSSR count). The van der Waals surface area contributed by atoms with Gasteiger partial charge in [-0.05, 0) is 45.5 Å². The number of hydrogen-bond acceptors (Lipinski definition) is 3. The van der Waals surface area contributed by atoms with Crippen LogP contribution in [-0.2, 0) is 4.79 Å². The predicted octanol–water partition coefficient (Wildman–Crippen LogP) is 2.58. The van der Waals surface area contributed by atoms with Crippen LogP contribution >= 0.6 is 11.8 Å². The van der Waals surface area contributed by atoms with Crippen molar-refractivity contribution >= 4 is 17.7 Å². The number of carbonyl (C=O) groups excluding carboxylic acids is 1. The van der Waals surface area contributed by atoms with Gasteiger partial charge in [0.2, 0.25) is 5.91 Å². The highest BCUT2D eigenvalue weighted by atomic mass is 32.2. The Morgan fingerprint density at radius 3 is 2.39 bits per heavy atom. The average molecular weight is 266 g/mol. The lowest BCUT2D eigenvalue weighted by Crippen LogP contribution is -2.30. The maximum Gasteiger partial charge on any atom is 0.233 e. The average Bonchev–Trinajstić information content (AvgIpc) is 2.39. The minimum atomic E-state index is -0.0578. The van der Waals surface area contributed by atoms with Crippen molar-refractivity contribution in [3.05, 3.63) is 29.8 Å². The molecule has 1 aromatic carbocycles. The summed E-state index contributed by atoms with van der Waals surface area (Å²) < 4.78 is 0. The monoisotopic (exact) mass is 266 g/mol. The fourth-order valence-electron chi connectivity index (χ4n) is 1.58. The second kappa shape index (κ2) is 7.44. The predicted molar refractivity (Wildman–Crippen MR) is 77.9 cm³/mol. The molecule has 1 amide bonds. The van der Waals surface area contributed by atoms with E-state index in [0.29, 0.717) is 12.6 Å². The van der Waals surface area contributed by atoms with Gasteiger partial charge in [-0.25, -0.2) is 0 Å². The molecular weight excluding hydrogens is 244 g/mol. The van der Waals surface area contributed by atoms with Crippen LogP contribution in [0.25, 0.3) is 0 Å². The molecule has 0 aliphatic heterocycles. The standard InChI is InChI=1S/C14H22N2OS/c1-5-16-14(17)11(3)18-13-8-6-12(7-9-13)10(2)15-4/h6-11,15H,5H2,1-4H3,(H,16,17). The van der Waals surface area contributed by atoms with Gasteiger partial charge in [0, 0.05) is 17.5 Å². The van der Waals surface area contributed by atoms with E-state index >= 15 is 0 Å². The Kier molecular flexibility index (Phi) is 6.22. The second-order valence-electron chi connectivity index (χ2n) is 4.23. The molecule has 2 N–H and O–H groups in total. The lowest BCUT2D eigenvalue weighted by molar-refractivity contribution is -0.120. The molecule has 0 heterocycles. The first kappa shape index (κ1) is 15.1. The van der Waals surface area contributed by atoms with Crippen molar-refractivity contribution in [1.82, 2.24) is 10.6 Å². The smallest absolute Gasteiger partial charge is 0.233 e. The van der Waals surface area contributed by atoms with Gasteiger partial charge in [-0.3, -0.25) is 4.79 Å². The van der Waals surface area contributed by atoms with Crippen LogP contribution in [0.4, 0.5) is 0 Å². The second-order valence-corrected chi connectivity index (χ2v) is 5.65. The molecule has 0 fully saturated rings. The molecule has 0 aliphatic carbocycles. The number of thioether (sulfide) groups is 1. The van der Waals surface area contributed by atoms with Crippen LogP contribution in [0.2, 0.25) is 0 Å². The van der Waals surface area contributed by atoms with E-state index < -0.39 is 0 Å². The SMILES string of the molecule is CCNC(=O)C(C)Sc1ccc(C(C)NC)cc1.